The topological polar surface area (TPSA) is 41.6 Å². The van der Waals surface area contributed by atoms with Gasteiger partial charge in [-0.05, 0) is 47.2 Å². The monoisotopic (exact) mass is 269 g/mol. The first kappa shape index (κ1) is 10.8. The molecule has 0 bridgehead atoms. The third kappa shape index (κ3) is 1.48. The molecule has 0 saturated carbocycles. The Kier molecular flexibility index (Phi) is 1.95. The maximum Gasteiger partial charge on any atom is 0.0471 e. The highest BCUT2D eigenvalue weighted by atomic mass is 14.7. The Hall–Kier alpha value is -2.94. The van der Waals surface area contributed by atoms with Crippen molar-refractivity contribution in [1.82, 2.24) is 15.0 Å². The molecule has 21 heavy (non-hydrogen) atoms. The number of H-pyrrole nitrogens is 1. The second kappa shape index (κ2) is 3.79. The molecular formula is C18H11N3. The average Bonchev–Trinajstić information content (AvgIpc) is 2.87. The minimum Gasteiger partial charge on any atom is -0.354 e. The van der Waals surface area contributed by atoms with E-state index in [0.29, 0.717) is 0 Å². The van der Waals surface area contributed by atoms with Crippen LogP contribution in [0.3, 0.4) is 0 Å². The molecule has 1 N–H and O–H groups in total. The van der Waals surface area contributed by atoms with Crippen LogP contribution in [-0.4, -0.2) is 15.0 Å². The van der Waals surface area contributed by atoms with Gasteiger partial charge in [0.05, 0.1) is 0 Å². The minimum absolute atomic E-state index is 1.16. The van der Waals surface area contributed by atoms with Crippen molar-refractivity contribution in [3.05, 3.63) is 61.2 Å². The van der Waals surface area contributed by atoms with Crippen molar-refractivity contribution in [2.75, 3.05) is 0 Å². The number of rotatable bonds is 0. The molecule has 3 heterocycles. The second-order valence-corrected chi connectivity index (χ2v) is 5.37. The average molecular weight is 269 g/mol. The van der Waals surface area contributed by atoms with E-state index >= 15 is 0 Å². The van der Waals surface area contributed by atoms with Crippen LogP contribution in [-0.2, 0) is 0 Å². The fourth-order valence-corrected chi connectivity index (χ4v) is 3.07. The minimum atomic E-state index is 1.16. The summed E-state index contributed by atoms with van der Waals surface area (Å²) in [5.41, 5.74) is 2.32. The van der Waals surface area contributed by atoms with Gasteiger partial charge in [0.1, 0.15) is 0 Å². The maximum atomic E-state index is 4.21. The Morgan fingerprint density at radius 3 is 1.67 bits per heavy atom. The van der Waals surface area contributed by atoms with Gasteiger partial charge in [-0.3, -0.25) is 9.97 Å². The lowest BCUT2D eigenvalue weighted by Crippen LogP contribution is -1.76. The number of nitrogens with zero attached hydrogens (tertiary/aromatic N) is 2. The molecule has 5 aromatic rings. The highest BCUT2D eigenvalue weighted by Gasteiger charge is 2.07. The van der Waals surface area contributed by atoms with Crippen LogP contribution in [0.4, 0.5) is 0 Å². The molecule has 0 spiro atoms. The summed E-state index contributed by atoms with van der Waals surface area (Å²) in [6, 6.07) is 12.9. The summed E-state index contributed by atoms with van der Waals surface area (Å²) >= 11 is 0. The molecule has 3 heteroatoms. The lowest BCUT2D eigenvalue weighted by atomic mass is 10.1. The molecule has 0 aliphatic rings. The number of hydrogen-bond acceptors (Lipinski definition) is 2. The Morgan fingerprint density at radius 1 is 0.619 bits per heavy atom. The van der Waals surface area contributed by atoms with Gasteiger partial charge in [0.15, 0.2) is 0 Å². The molecule has 0 unspecified atom stereocenters. The van der Waals surface area contributed by atoms with Gasteiger partial charge >= 0.3 is 0 Å². The van der Waals surface area contributed by atoms with E-state index in [4.69, 9.17) is 0 Å². The number of hydrogen-bond donors (Lipinski definition) is 1. The third-order valence-electron chi connectivity index (χ3n) is 4.11. The van der Waals surface area contributed by atoms with E-state index in [9.17, 15) is 0 Å². The predicted molar refractivity (Wildman–Crippen MR) is 86.4 cm³/mol. The van der Waals surface area contributed by atoms with Crippen LogP contribution in [0.2, 0.25) is 0 Å². The first-order chi connectivity index (χ1) is 10.4. The largest absolute Gasteiger partial charge is 0.354 e. The predicted octanol–water partition coefficient (Wildman–Crippen LogP) is 4.42. The van der Waals surface area contributed by atoms with Crippen molar-refractivity contribution in [3.8, 4) is 0 Å². The van der Waals surface area contributed by atoms with Gasteiger partial charge in [-0.2, -0.15) is 0 Å². The number of nitrogens with one attached hydrogen (secondary N) is 1. The van der Waals surface area contributed by atoms with Crippen LogP contribution in [0.25, 0.3) is 43.4 Å². The van der Waals surface area contributed by atoms with Crippen LogP contribution in [0, 0.1) is 0 Å². The quantitative estimate of drug-likeness (QED) is 0.452. The summed E-state index contributed by atoms with van der Waals surface area (Å²) in [4.78, 5) is 11.9. The van der Waals surface area contributed by atoms with Crippen molar-refractivity contribution in [1.29, 1.82) is 0 Å². The summed E-state index contributed by atoms with van der Waals surface area (Å²) in [5, 5.41) is 7.20. The van der Waals surface area contributed by atoms with E-state index < -0.39 is 0 Å². The first-order valence-electron chi connectivity index (χ1n) is 6.91. The van der Waals surface area contributed by atoms with Gasteiger partial charge in [0.2, 0.25) is 0 Å². The molecule has 0 saturated heterocycles. The fourth-order valence-electron chi connectivity index (χ4n) is 3.07. The van der Waals surface area contributed by atoms with E-state index in [0.717, 1.165) is 21.8 Å². The van der Waals surface area contributed by atoms with E-state index in [2.05, 4.69) is 39.2 Å². The number of aromatic nitrogens is 3. The molecule has 3 nitrogen and oxygen atoms in total. The smallest absolute Gasteiger partial charge is 0.0471 e. The Bertz CT molecular complexity index is 1050. The van der Waals surface area contributed by atoms with Gasteiger partial charge in [0.25, 0.3) is 0 Å². The molecule has 2 aromatic carbocycles. The van der Waals surface area contributed by atoms with Crippen LogP contribution in [0.15, 0.2) is 61.2 Å². The molecule has 0 fully saturated rings. The Morgan fingerprint density at radius 2 is 1.14 bits per heavy atom. The van der Waals surface area contributed by atoms with Gasteiger partial charge in [-0.15, -0.1) is 0 Å². The van der Waals surface area contributed by atoms with Crippen LogP contribution in [0.1, 0.15) is 0 Å². The highest BCUT2D eigenvalue weighted by molar-refractivity contribution is 6.14. The summed E-state index contributed by atoms with van der Waals surface area (Å²) in [6.45, 7) is 0. The highest BCUT2D eigenvalue weighted by Crippen LogP contribution is 2.31. The number of benzene rings is 2. The lowest BCUT2D eigenvalue weighted by molar-refractivity contribution is 1.37. The van der Waals surface area contributed by atoms with E-state index in [1.165, 1.54) is 21.5 Å². The van der Waals surface area contributed by atoms with Crippen molar-refractivity contribution in [3.63, 3.8) is 0 Å². The van der Waals surface area contributed by atoms with Crippen LogP contribution in [0.5, 0.6) is 0 Å². The van der Waals surface area contributed by atoms with Gasteiger partial charge in [0, 0.05) is 57.4 Å². The molecular weight excluding hydrogens is 258 g/mol. The molecule has 5 rings (SSSR count). The van der Waals surface area contributed by atoms with Gasteiger partial charge in [-0.25, -0.2) is 0 Å². The summed E-state index contributed by atoms with van der Waals surface area (Å²) in [6.07, 6.45) is 7.49. The fraction of sp³-hybridized carbons (Fsp3) is 0. The number of fused-ring (bicyclic) bond motifs is 5. The summed E-state index contributed by atoms with van der Waals surface area (Å²) in [7, 11) is 0. The second-order valence-electron chi connectivity index (χ2n) is 5.37. The van der Waals surface area contributed by atoms with Crippen molar-refractivity contribution in [2.24, 2.45) is 0 Å². The van der Waals surface area contributed by atoms with Crippen LogP contribution >= 0.6 is 0 Å². The summed E-state index contributed by atoms with van der Waals surface area (Å²) in [5.74, 6) is 0. The van der Waals surface area contributed by atoms with Crippen molar-refractivity contribution in [2.45, 2.75) is 0 Å². The molecule has 0 atom stereocenters. The standard InChI is InChI=1S/C18H11N3/c1-3-19-9-13-5-15-16-6-14-10-20-4-2-12(14)8-18(16)21-17(15)7-11(1)13/h1-10,21H. The number of aromatic amines is 1. The summed E-state index contributed by atoms with van der Waals surface area (Å²) < 4.78 is 0. The van der Waals surface area contributed by atoms with E-state index in [1.54, 1.807) is 0 Å². The maximum absolute atomic E-state index is 4.21. The molecule has 3 aromatic heterocycles. The van der Waals surface area contributed by atoms with Crippen LogP contribution < -0.4 is 0 Å². The molecule has 0 aliphatic carbocycles. The third-order valence-corrected chi connectivity index (χ3v) is 4.11. The normalized spacial score (nSPS) is 11.8. The zero-order valence-corrected chi connectivity index (χ0v) is 11.2. The van der Waals surface area contributed by atoms with Gasteiger partial charge in [-0.1, -0.05) is 0 Å². The Balaban J connectivity index is 2.01. The molecule has 98 valence electrons. The first-order valence-corrected chi connectivity index (χ1v) is 6.91. The molecule has 0 amide bonds. The SMILES string of the molecule is c1cc2cc3[nH]c4cc5ccncc5cc4c3cc2cn1. The van der Waals surface area contributed by atoms with E-state index in [1.807, 2.05) is 36.9 Å². The van der Waals surface area contributed by atoms with Crippen molar-refractivity contribution >= 4 is 43.4 Å². The van der Waals surface area contributed by atoms with E-state index in [-0.39, 0.29) is 0 Å². The Labute approximate surface area is 120 Å². The molecule has 0 aliphatic heterocycles. The lowest BCUT2D eigenvalue weighted by Gasteiger charge is -1.99. The zero-order valence-electron chi connectivity index (χ0n) is 11.2. The zero-order chi connectivity index (χ0) is 13.8. The van der Waals surface area contributed by atoms with Crippen molar-refractivity contribution < 1.29 is 0 Å². The molecule has 0 radical (unpaired) electrons. The number of pyridine rings is 2. The van der Waals surface area contributed by atoms with Gasteiger partial charge < -0.3 is 4.98 Å².